The molecule has 1 amide bonds. The first-order chi connectivity index (χ1) is 7.79. The zero-order valence-corrected chi connectivity index (χ0v) is 9.22. The summed E-state index contributed by atoms with van der Waals surface area (Å²) in [6.45, 7) is 1.96. The Hall–Kier alpha value is -1.39. The van der Waals surface area contributed by atoms with Gasteiger partial charge in [-0.15, -0.1) is 0 Å². The van der Waals surface area contributed by atoms with E-state index in [1.54, 1.807) is 0 Å². The number of hydrogen-bond donors (Lipinski definition) is 1. The summed E-state index contributed by atoms with van der Waals surface area (Å²) in [7, 11) is 0. The van der Waals surface area contributed by atoms with Gasteiger partial charge in [0.1, 0.15) is 0 Å². The molecule has 0 aliphatic heterocycles. The van der Waals surface area contributed by atoms with Crippen LogP contribution in [0.25, 0.3) is 0 Å². The molecule has 0 radical (unpaired) electrons. The van der Waals surface area contributed by atoms with E-state index in [1.165, 1.54) is 0 Å². The number of hydrogen-bond acceptors (Lipinski definition) is 3. The van der Waals surface area contributed by atoms with Crippen molar-refractivity contribution in [3.05, 3.63) is 35.9 Å². The fraction of sp³-hybridized carbons (Fsp3) is 0.417. The maximum atomic E-state index is 10.4. The quantitative estimate of drug-likeness (QED) is 0.671. The molecule has 0 saturated carbocycles. The molecule has 0 aliphatic rings. The lowest BCUT2D eigenvalue weighted by Gasteiger charge is -2.05. The van der Waals surface area contributed by atoms with Gasteiger partial charge in [0.15, 0.2) is 0 Å². The van der Waals surface area contributed by atoms with Crippen LogP contribution in [-0.2, 0) is 20.9 Å². The third-order valence-electron chi connectivity index (χ3n) is 1.98. The van der Waals surface area contributed by atoms with Gasteiger partial charge in [0.2, 0.25) is 5.91 Å². The monoisotopic (exact) mass is 223 g/mol. The third-order valence-corrected chi connectivity index (χ3v) is 1.98. The number of carbonyl (C=O) groups is 1. The molecule has 0 unspecified atom stereocenters. The van der Waals surface area contributed by atoms with E-state index >= 15 is 0 Å². The highest BCUT2D eigenvalue weighted by Crippen LogP contribution is 1.99. The highest BCUT2D eigenvalue weighted by molar-refractivity contribution is 5.73. The molecule has 1 aromatic carbocycles. The topological polar surface area (TPSA) is 61.6 Å². The number of ether oxygens (including phenoxy) is 2. The molecular formula is C12H17NO3. The summed E-state index contributed by atoms with van der Waals surface area (Å²) in [5.74, 6) is -0.342. The van der Waals surface area contributed by atoms with Crippen molar-refractivity contribution in [3.8, 4) is 0 Å². The average Bonchev–Trinajstić information content (AvgIpc) is 2.29. The Morgan fingerprint density at radius 3 is 2.44 bits per heavy atom. The van der Waals surface area contributed by atoms with Gasteiger partial charge in [-0.3, -0.25) is 4.79 Å². The first-order valence-electron chi connectivity index (χ1n) is 5.27. The van der Waals surface area contributed by atoms with Crippen molar-refractivity contribution in [3.63, 3.8) is 0 Å². The minimum absolute atomic E-state index is 0.263. The van der Waals surface area contributed by atoms with Gasteiger partial charge in [0.05, 0.1) is 26.4 Å². The van der Waals surface area contributed by atoms with Crippen molar-refractivity contribution in [2.75, 3.05) is 19.8 Å². The smallest absolute Gasteiger partial charge is 0.219 e. The van der Waals surface area contributed by atoms with Crippen LogP contribution in [0, 0.1) is 0 Å². The lowest BCUT2D eigenvalue weighted by molar-refractivity contribution is -0.119. The molecule has 4 heteroatoms. The summed E-state index contributed by atoms with van der Waals surface area (Å²) in [6.07, 6.45) is 0.263. The normalized spacial score (nSPS) is 10.2. The summed E-state index contributed by atoms with van der Waals surface area (Å²) >= 11 is 0. The molecule has 0 heterocycles. The maximum Gasteiger partial charge on any atom is 0.219 e. The van der Waals surface area contributed by atoms with Crippen molar-refractivity contribution in [1.82, 2.24) is 0 Å². The van der Waals surface area contributed by atoms with Crippen LogP contribution in [0.3, 0.4) is 0 Å². The zero-order chi connectivity index (χ0) is 11.6. The molecule has 1 rings (SSSR count). The maximum absolute atomic E-state index is 10.4. The average molecular weight is 223 g/mol. The molecule has 16 heavy (non-hydrogen) atoms. The second-order valence-electron chi connectivity index (χ2n) is 3.37. The first-order valence-corrected chi connectivity index (χ1v) is 5.27. The van der Waals surface area contributed by atoms with Crippen LogP contribution in [-0.4, -0.2) is 25.7 Å². The zero-order valence-electron chi connectivity index (χ0n) is 9.22. The molecule has 0 saturated heterocycles. The van der Waals surface area contributed by atoms with E-state index < -0.39 is 0 Å². The van der Waals surface area contributed by atoms with E-state index in [9.17, 15) is 4.79 Å². The number of amides is 1. The molecule has 0 atom stereocenters. The third kappa shape index (κ3) is 6.16. The van der Waals surface area contributed by atoms with Crippen LogP contribution in [0.15, 0.2) is 30.3 Å². The summed E-state index contributed by atoms with van der Waals surface area (Å²) in [5.41, 5.74) is 6.10. The van der Waals surface area contributed by atoms with Gasteiger partial charge in [0, 0.05) is 6.42 Å². The van der Waals surface area contributed by atoms with Crippen molar-refractivity contribution < 1.29 is 14.3 Å². The van der Waals surface area contributed by atoms with Crippen LogP contribution in [0.4, 0.5) is 0 Å². The Labute approximate surface area is 95.3 Å². The summed E-state index contributed by atoms with van der Waals surface area (Å²) in [5, 5.41) is 0. The molecule has 0 aliphatic carbocycles. The standard InChI is InChI=1S/C12H17NO3/c13-12(14)6-7-15-8-9-16-10-11-4-2-1-3-5-11/h1-5H,6-10H2,(H2,13,14). The number of carbonyl (C=O) groups excluding carboxylic acids is 1. The fourth-order valence-electron chi connectivity index (χ4n) is 1.16. The van der Waals surface area contributed by atoms with Gasteiger partial charge in [-0.25, -0.2) is 0 Å². The van der Waals surface area contributed by atoms with Gasteiger partial charge >= 0.3 is 0 Å². The van der Waals surface area contributed by atoms with E-state index in [0.717, 1.165) is 5.56 Å². The summed E-state index contributed by atoms with van der Waals surface area (Å²) in [6, 6.07) is 9.93. The van der Waals surface area contributed by atoms with Crippen molar-refractivity contribution in [2.24, 2.45) is 5.73 Å². The predicted octanol–water partition coefficient (Wildman–Crippen LogP) is 1.10. The lowest BCUT2D eigenvalue weighted by Crippen LogP contribution is -2.14. The molecule has 2 N–H and O–H groups in total. The Bertz CT molecular complexity index is 300. The van der Waals surface area contributed by atoms with E-state index in [0.29, 0.717) is 26.4 Å². The highest BCUT2D eigenvalue weighted by atomic mass is 16.5. The van der Waals surface area contributed by atoms with Crippen molar-refractivity contribution >= 4 is 5.91 Å². The molecule has 0 spiro atoms. The number of nitrogens with two attached hydrogens (primary N) is 1. The molecule has 1 aromatic rings. The Balaban J connectivity index is 1.94. The summed E-state index contributed by atoms with van der Waals surface area (Å²) < 4.78 is 10.5. The van der Waals surface area contributed by atoms with Gasteiger partial charge in [-0.1, -0.05) is 30.3 Å². The lowest BCUT2D eigenvalue weighted by atomic mass is 10.2. The Morgan fingerprint density at radius 1 is 1.06 bits per heavy atom. The Kier molecular flexibility index (Phi) is 6.22. The predicted molar refractivity (Wildman–Crippen MR) is 60.7 cm³/mol. The van der Waals surface area contributed by atoms with E-state index in [-0.39, 0.29) is 12.3 Å². The first kappa shape index (κ1) is 12.7. The van der Waals surface area contributed by atoms with Gasteiger partial charge in [-0.2, -0.15) is 0 Å². The van der Waals surface area contributed by atoms with Crippen LogP contribution >= 0.6 is 0 Å². The second-order valence-corrected chi connectivity index (χ2v) is 3.37. The van der Waals surface area contributed by atoms with Crippen LogP contribution in [0.1, 0.15) is 12.0 Å². The van der Waals surface area contributed by atoms with E-state index in [4.69, 9.17) is 15.2 Å². The largest absolute Gasteiger partial charge is 0.379 e. The minimum Gasteiger partial charge on any atom is -0.379 e. The fourth-order valence-corrected chi connectivity index (χ4v) is 1.16. The van der Waals surface area contributed by atoms with Crippen molar-refractivity contribution in [1.29, 1.82) is 0 Å². The molecule has 0 fully saturated rings. The van der Waals surface area contributed by atoms with Gasteiger partial charge in [-0.05, 0) is 5.56 Å². The molecular weight excluding hydrogens is 206 g/mol. The molecule has 0 bridgehead atoms. The van der Waals surface area contributed by atoms with Crippen LogP contribution < -0.4 is 5.73 Å². The van der Waals surface area contributed by atoms with E-state index in [1.807, 2.05) is 30.3 Å². The van der Waals surface area contributed by atoms with Gasteiger partial charge < -0.3 is 15.2 Å². The highest BCUT2D eigenvalue weighted by Gasteiger charge is 1.95. The molecule has 4 nitrogen and oxygen atoms in total. The van der Waals surface area contributed by atoms with E-state index in [2.05, 4.69) is 0 Å². The second kappa shape index (κ2) is 7.84. The van der Waals surface area contributed by atoms with Crippen LogP contribution in [0.2, 0.25) is 0 Å². The minimum atomic E-state index is -0.342. The SMILES string of the molecule is NC(=O)CCOCCOCc1ccccc1. The number of benzene rings is 1. The summed E-state index contributed by atoms with van der Waals surface area (Å²) in [4.78, 5) is 10.4. The molecule has 0 aromatic heterocycles. The molecule has 88 valence electrons. The van der Waals surface area contributed by atoms with Crippen LogP contribution in [0.5, 0.6) is 0 Å². The van der Waals surface area contributed by atoms with Gasteiger partial charge in [0.25, 0.3) is 0 Å². The Morgan fingerprint density at radius 2 is 1.75 bits per heavy atom. The van der Waals surface area contributed by atoms with Crippen molar-refractivity contribution in [2.45, 2.75) is 13.0 Å². The number of primary amides is 1. The number of rotatable bonds is 8.